The molecule has 4 heteroatoms. The minimum Gasteiger partial charge on any atom is -0.468 e. The number of rotatable bonds is 3. The molecule has 1 aliphatic heterocycles. The first-order chi connectivity index (χ1) is 20.5. The maximum Gasteiger partial charge on any atom is 0.315 e. The third kappa shape index (κ3) is 3.94. The number of anilines is 1. The Labute approximate surface area is 255 Å². The average Bonchev–Trinajstić information content (AvgIpc) is 3.29. The third-order valence-electron chi connectivity index (χ3n) is 12.1. The number of ketones is 1. The summed E-state index contributed by atoms with van der Waals surface area (Å²) >= 11 is 0. The Morgan fingerprint density at radius 3 is 2.35 bits per heavy atom. The van der Waals surface area contributed by atoms with Crippen molar-refractivity contribution < 1.29 is 14.3 Å². The summed E-state index contributed by atoms with van der Waals surface area (Å²) < 4.78 is 5.50. The molecule has 4 aliphatic rings. The second kappa shape index (κ2) is 9.67. The Morgan fingerprint density at radius 1 is 0.977 bits per heavy atom. The fourth-order valence-corrected chi connectivity index (χ4v) is 9.55. The lowest BCUT2D eigenvalue weighted by molar-refractivity contribution is -0.145. The van der Waals surface area contributed by atoms with Crippen LogP contribution in [0.3, 0.4) is 0 Å². The standard InChI is InChI=1S/C39H43NO3/c1-21-16-22(2)32(23(3)17-21)29-20-31(41)34-28(19-26-18-25-14-15-39(26,6)38(25,4)5)33-27-11-9-8-10-24(27)12-13-30(33)40-36(34)35(29)37(42)43-7/h8-13,16-17,19,25,28-29,35,40H,14-15,18,20H2,1-7H3/t25?,28-,29+,35+,39?/m0/s1. The van der Waals surface area contributed by atoms with Gasteiger partial charge in [0.2, 0.25) is 0 Å². The van der Waals surface area contributed by atoms with Crippen LogP contribution in [0.4, 0.5) is 5.69 Å². The Balaban J connectivity index is 1.48. The smallest absolute Gasteiger partial charge is 0.315 e. The van der Waals surface area contributed by atoms with E-state index in [1.54, 1.807) is 0 Å². The molecule has 0 spiro atoms. The van der Waals surface area contributed by atoms with Gasteiger partial charge in [-0.3, -0.25) is 9.59 Å². The summed E-state index contributed by atoms with van der Waals surface area (Å²) in [5, 5.41) is 5.99. The summed E-state index contributed by atoms with van der Waals surface area (Å²) in [7, 11) is 1.47. The molecule has 7 rings (SSSR count). The zero-order valence-corrected chi connectivity index (χ0v) is 26.6. The highest BCUT2D eigenvalue weighted by Crippen LogP contribution is 2.68. The molecule has 5 atom stereocenters. The summed E-state index contributed by atoms with van der Waals surface area (Å²) in [6.45, 7) is 13.6. The van der Waals surface area contributed by atoms with Crippen LogP contribution in [-0.4, -0.2) is 18.9 Å². The molecule has 3 aromatic carbocycles. The minimum atomic E-state index is -0.592. The maximum absolute atomic E-state index is 14.6. The minimum absolute atomic E-state index is 0.103. The van der Waals surface area contributed by atoms with Gasteiger partial charge in [-0.2, -0.15) is 0 Å². The SMILES string of the molecule is COC(=O)[C@H]1C2=C(C(=O)C[C@@H]1c1c(C)cc(C)cc1C)[C@@H](C=C1CC3CCC1(C)C3(C)C)c1c(ccc3ccccc13)N2. The Bertz CT molecular complexity index is 1750. The van der Waals surface area contributed by atoms with Gasteiger partial charge in [-0.15, -0.1) is 0 Å². The first kappa shape index (κ1) is 28.1. The molecule has 3 aliphatic carbocycles. The Morgan fingerprint density at radius 2 is 1.70 bits per heavy atom. The van der Waals surface area contributed by atoms with Gasteiger partial charge in [-0.25, -0.2) is 0 Å². The molecule has 0 radical (unpaired) electrons. The first-order valence-corrected chi connectivity index (χ1v) is 15.9. The van der Waals surface area contributed by atoms with Crippen molar-refractivity contribution in [2.24, 2.45) is 22.7 Å². The van der Waals surface area contributed by atoms with Crippen LogP contribution in [-0.2, 0) is 14.3 Å². The Hall–Kier alpha value is -3.66. The molecule has 3 aromatic rings. The van der Waals surface area contributed by atoms with Gasteiger partial charge in [0.05, 0.1) is 7.11 Å². The molecule has 1 N–H and O–H groups in total. The number of benzene rings is 3. The number of hydrogen-bond donors (Lipinski definition) is 1. The Kier molecular flexibility index (Phi) is 6.33. The second-order valence-electron chi connectivity index (χ2n) is 14.4. The van der Waals surface area contributed by atoms with Crippen LogP contribution in [0.1, 0.15) is 86.1 Å². The highest BCUT2D eigenvalue weighted by atomic mass is 16.5. The van der Waals surface area contributed by atoms with Crippen molar-refractivity contribution >= 4 is 28.2 Å². The van der Waals surface area contributed by atoms with E-state index >= 15 is 0 Å². The zero-order chi connectivity index (χ0) is 30.4. The van der Waals surface area contributed by atoms with E-state index in [2.05, 4.69) is 101 Å². The van der Waals surface area contributed by atoms with Crippen molar-refractivity contribution in [2.45, 2.75) is 79.1 Å². The van der Waals surface area contributed by atoms with E-state index < -0.39 is 5.92 Å². The highest BCUT2D eigenvalue weighted by molar-refractivity contribution is 6.06. The molecule has 0 amide bonds. The van der Waals surface area contributed by atoms with Gasteiger partial charge < -0.3 is 10.1 Å². The number of methoxy groups -OCH3 is 1. The summed E-state index contributed by atoms with van der Waals surface area (Å²) in [6, 6.07) is 17.1. The van der Waals surface area contributed by atoms with Gasteiger partial charge in [-0.05, 0) is 95.9 Å². The predicted octanol–water partition coefficient (Wildman–Crippen LogP) is 8.85. The molecule has 2 bridgehead atoms. The van der Waals surface area contributed by atoms with Crippen molar-refractivity contribution in [2.75, 3.05) is 12.4 Å². The third-order valence-corrected chi connectivity index (χ3v) is 12.1. The number of carbonyl (C=O) groups is 2. The molecule has 1 heterocycles. The van der Waals surface area contributed by atoms with Crippen LogP contribution in [0, 0.1) is 43.4 Å². The average molecular weight is 574 g/mol. The van der Waals surface area contributed by atoms with Gasteiger partial charge in [-0.1, -0.05) is 80.4 Å². The van der Waals surface area contributed by atoms with Gasteiger partial charge in [0, 0.05) is 35.2 Å². The van der Waals surface area contributed by atoms with Crippen LogP contribution < -0.4 is 5.32 Å². The summed E-state index contributed by atoms with van der Waals surface area (Å²) in [5.41, 5.74) is 9.90. The van der Waals surface area contributed by atoms with Crippen LogP contribution in [0.5, 0.6) is 0 Å². The summed E-state index contributed by atoms with van der Waals surface area (Å²) in [5.74, 6) is -0.611. The van der Waals surface area contributed by atoms with E-state index in [4.69, 9.17) is 4.74 Å². The lowest BCUT2D eigenvalue weighted by atomic mass is 9.65. The van der Waals surface area contributed by atoms with Crippen LogP contribution >= 0.6 is 0 Å². The lowest BCUT2D eigenvalue weighted by Gasteiger charge is -2.41. The fourth-order valence-electron chi connectivity index (χ4n) is 9.55. The monoisotopic (exact) mass is 573 g/mol. The van der Waals surface area contributed by atoms with Crippen molar-refractivity contribution in [1.29, 1.82) is 0 Å². The molecule has 2 unspecified atom stereocenters. The number of allylic oxidation sites excluding steroid dienone is 3. The topological polar surface area (TPSA) is 55.4 Å². The number of Topliss-reactive ketones (excluding diaryl/α,β-unsaturated/α-hetero) is 1. The number of aryl methyl sites for hydroxylation is 3. The van der Waals surface area contributed by atoms with Gasteiger partial charge in [0.1, 0.15) is 5.92 Å². The number of fused-ring (bicyclic) bond motifs is 5. The maximum atomic E-state index is 14.6. The second-order valence-corrected chi connectivity index (χ2v) is 14.4. The van der Waals surface area contributed by atoms with Crippen LogP contribution in [0.2, 0.25) is 0 Å². The molecule has 43 heavy (non-hydrogen) atoms. The van der Waals surface area contributed by atoms with E-state index in [1.807, 2.05) is 0 Å². The molecular formula is C39H43NO3. The molecule has 2 saturated carbocycles. The van der Waals surface area contributed by atoms with Crippen molar-refractivity contribution in [3.8, 4) is 0 Å². The van der Waals surface area contributed by atoms with Crippen molar-refractivity contribution in [3.05, 3.63) is 99.3 Å². The van der Waals surface area contributed by atoms with E-state index in [0.29, 0.717) is 5.92 Å². The molecule has 0 saturated heterocycles. The predicted molar refractivity (Wildman–Crippen MR) is 173 cm³/mol. The lowest BCUT2D eigenvalue weighted by Crippen LogP contribution is -2.40. The quantitative estimate of drug-likeness (QED) is 0.251. The van der Waals surface area contributed by atoms with Gasteiger partial charge in [0.25, 0.3) is 0 Å². The van der Waals surface area contributed by atoms with Crippen LogP contribution in [0.15, 0.2) is 71.5 Å². The number of carbonyl (C=O) groups excluding carboxylic acids is 2. The zero-order valence-electron chi connectivity index (χ0n) is 26.6. The molecule has 0 aromatic heterocycles. The summed E-state index contributed by atoms with van der Waals surface area (Å²) in [6.07, 6.45) is 6.26. The fraction of sp³-hybridized carbons (Fsp3) is 0.436. The normalized spacial score (nSPS) is 29.9. The highest BCUT2D eigenvalue weighted by Gasteiger charge is 2.59. The summed E-state index contributed by atoms with van der Waals surface area (Å²) in [4.78, 5) is 28.4. The number of hydrogen-bond acceptors (Lipinski definition) is 4. The van der Waals surface area contributed by atoms with E-state index in [9.17, 15) is 9.59 Å². The van der Waals surface area contributed by atoms with E-state index in [-0.39, 0.29) is 40.8 Å². The molecule has 4 nitrogen and oxygen atoms in total. The largest absolute Gasteiger partial charge is 0.468 e. The first-order valence-electron chi connectivity index (χ1n) is 15.9. The number of ether oxygens (including phenoxy) is 1. The van der Waals surface area contributed by atoms with Gasteiger partial charge >= 0.3 is 5.97 Å². The number of nitrogens with one attached hydrogen (secondary N) is 1. The van der Waals surface area contributed by atoms with Crippen LogP contribution in [0.25, 0.3) is 10.8 Å². The van der Waals surface area contributed by atoms with Gasteiger partial charge in [0.15, 0.2) is 5.78 Å². The molecular weight excluding hydrogens is 530 g/mol. The van der Waals surface area contributed by atoms with Crippen molar-refractivity contribution in [1.82, 2.24) is 0 Å². The number of esters is 1. The van der Waals surface area contributed by atoms with Crippen molar-refractivity contribution in [3.63, 3.8) is 0 Å². The van der Waals surface area contributed by atoms with E-state index in [1.165, 1.54) is 31.1 Å². The molecule has 2 fully saturated rings. The van der Waals surface area contributed by atoms with E-state index in [0.717, 1.165) is 56.4 Å². The molecule has 222 valence electrons.